The van der Waals surface area contributed by atoms with Crippen molar-refractivity contribution in [3.63, 3.8) is 0 Å². The van der Waals surface area contributed by atoms with Gasteiger partial charge in [0.2, 0.25) is 0 Å². The molecular weight excluding hydrogens is 468 g/mol. The fourth-order valence-electron chi connectivity index (χ4n) is 6.08. The number of carbonyl (C=O) groups is 3. The third kappa shape index (κ3) is 3.84. The van der Waals surface area contributed by atoms with Crippen molar-refractivity contribution in [2.75, 3.05) is 13.7 Å². The summed E-state index contributed by atoms with van der Waals surface area (Å²) in [6.07, 6.45) is 0.502. The number of nitrogens with one attached hydrogen (secondary N) is 1. The highest BCUT2D eigenvalue weighted by molar-refractivity contribution is 6.13. The van der Waals surface area contributed by atoms with E-state index in [1.165, 1.54) is 7.11 Å². The minimum absolute atomic E-state index is 0.215. The van der Waals surface area contributed by atoms with E-state index in [0.29, 0.717) is 23.3 Å². The van der Waals surface area contributed by atoms with Gasteiger partial charge in [-0.05, 0) is 56.9 Å². The third-order valence-electron chi connectivity index (χ3n) is 7.68. The Hall–Kier alpha value is -3.87. The summed E-state index contributed by atoms with van der Waals surface area (Å²) in [6.45, 7) is 8.63. The highest BCUT2D eigenvalue weighted by Gasteiger charge is 2.47. The van der Waals surface area contributed by atoms with Crippen LogP contribution in [0, 0.1) is 11.8 Å². The standard InChI is InChI=1S/C30H32N2O5/c1-6-32-22-11-9-8-10-19(22)20-15-18(12-13-23(20)32)26-25(30(35)37-7-2)17(4)31-21-14-16(3)24(29(34)36-5)28(33)27(21)26/h8-13,15-16,24,26,31H,6-7,14H2,1-5H3/t16-,24-,26+/m1/s1. The van der Waals surface area contributed by atoms with Gasteiger partial charge in [-0.3, -0.25) is 9.59 Å². The summed E-state index contributed by atoms with van der Waals surface area (Å²) < 4.78 is 12.7. The number of benzene rings is 2. The number of dihydropyridines is 1. The first-order valence-electron chi connectivity index (χ1n) is 12.8. The van der Waals surface area contributed by atoms with Gasteiger partial charge in [0.25, 0.3) is 0 Å². The van der Waals surface area contributed by atoms with Crippen molar-refractivity contribution in [3.05, 3.63) is 70.6 Å². The number of ketones is 1. The van der Waals surface area contributed by atoms with Crippen LogP contribution < -0.4 is 5.32 Å². The van der Waals surface area contributed by atoms with Crippen LogP contribution in [0.25, 0.3) is 21.8 Å². The SMILES string of the molecule is CCOC(=O)C1=C(C)NC2=C(C(=O)[C@H](C(=O)OC)[C@H](C)C2)[C@H]1c1ccc2c(c1)c1ccccc1n2CC. The molecule has 5 rings (SSSR count). The van der Waals surface area contributed by atoms with E-state index in [1.54, 1.807) is 6.92 Å². The molecule has 0 bridgehead atoms. The number of rotatable bonds is 5. The fraction of sp³-hybridized carbons (Fsp3) is 0.367. The van der Waals surface area contributed by atoms with E-state index in [0.717, 1.165) is 39.6 Å². The lowest BCUT2D eigenvalue weighted by molar-refractivity contribution is -0.151. The first-order chi connectivity index (χ1) is 17.8. The molecule has 0 unspecified atom stereocenters. The zero-order valence-corrected chi connectivity index (χ0v) is 21.9. The second kappa shape index (κ2) is 9.54. The molecule has 2 aromatic carbocycles. The van der Waals surface area contributed by atoms with Crippen molar-refractivity contribution in [1.82, 2.24) is 9.88 Å². The summed E-state index contributed by atoms with van der Waals surface area (Å²) in [6, 6.07) is 14.4. The topological polar surface area (TPSA) is 86.6 Å². The lowest BCUT2D eigenvalue weighted by atomic mass is 9.69. The van der Waals surface area contributed by atoms with Crippen molar-refractivity contribution < 1.29 is 23.9 Å². The van der Waals surface area contributed by atoms with Gasteiger partial charge in [-0.1, -0.05) is 31.2 Å². The first kappa shape index (κ1) is 24.8. The third-order valence-corrected chi connectivity index (χ3v) is 7.68. The van der Waals surface area contributed by atoms with Crippen LogP contribution in [0.3, 0.4) is 0 Å². The van der Waals surface area contributed by atoms with Crippen LogP contribution in [-0.2, 0) is 30.4 Å². The van der Waals surface area contributed by atoms with Gasteiger partial charge in [0.1, 0.15) is 5.92 Å². The van der Waals surface area contributed by atoms with Crippen molar-refractivity contribution >= 4 is 39.5 Å². The van der Waals surface area contributed by atoms with Gasteiger partial charge in [-0.25, -0.2) is 4.79 Å². The molecule has 0 saturated heterocycles. The average molecular weight is 501 g/mol. The van der Waals surface area contributed by atoms with E-state index >= 15 is 0 Å². The van der Waals surface area contributed by atoms with E-state index < -0.39 is 23.8 Å². The smallest absolute Gasteiger partial charge is 0.336 e. The number of hydrogen-bond donors (Lipinski definition) is 1. The normalized spacial score (nSPS) is 21.8. The average Bonchev–Trinajstić information content (AvgIpc) is 3.20. The number of nitrogens with zero attached hydrogens (tertiary/aromatic N) is 1. The van der Waals surface area contributed by atoms with E-state index in [9.17, 15) is 14.4 Å². The Kier molecular flexibility index (Phi) is 6.40. The molecule has 1 aliphatic carbocycles. The number of aromatic nitrogens is 1. The Morgan fingerprint density at radius 2 is 1.81 bits per heavy atom. The fourth-order valence-corrected chi connectivity index (χ4v) is 6.08. The van der Waals surface area contributed by atoms with Gasteiger partial charge in [0.15, 0.2) is 5.78 Å². The van der Waals surface area contributed by atoms with Crippen LogP contribution >= 0.6 is 0 Å². The molecule has 3 atom stereocenters. The van der Waals surface area contributed by atoms with E-state index in [1.807, 2.05) is 32.0 Å². The maximum atomic E-state index is 13.9. The van der Waals surface area contributed by atoms with Crippen LogP contribution in [0.15, 0.2) is 65.0 Å². The maximum Gasteiger partial charge on any atom is 0.336 e. The van der Waals surface area contributed by atoms with Gasteiger partial charge >= 0.3 is 11.9 Å². The Bertz CT molecular complexity index is 1510. The Morgan fingerprint density at radius 3 is 2.51 bits per heavy atom. The molecule has 0 radical (unpaired) electrons. The zero-order chi connectivity index (χ0) is 26.4. The molecule has 7 heteroatoms. The lowest BCUT2D eigenvalue weighted by Crippen LogP contribution is -2.43. The van der Waals surface area contributed by atoms with Gasteiger partial charge in [-0.15, -0.1) is 0 Å². The molecule has 1 aromatic heterocycles. The van der Waals surface area contributed by atoms with Crippen LogP contribution in [0.2, 0.25) is 0 Å². The molecule has 1 N–H and O–H groups in total. The number of fused-ring (bicyclic) bond motifs is 3. The highest BCUT2D eigenvalue weighted by atomic mass is 16.5. The van der Waals surface area contributed by atoms with Gasteiger partial charge in [0.05, 0.1) is 19.3 Å². The molecule has 3 aromatic rings. The zero-order valence-electron chi connectivity index (χ0n) is 21.9. The molecular formula is C30H32N2O5. The van der Waals surface area contributed by atoms with Crippen molar-refractivity contribution in [3.8, 4) is 0 Å². The Balaban J connectivity index is 1.76. The molecule has 7 nitrogen and oxygen atoms in total. The number of Topliss-reactive ketones (excluding diaryl/α,β-unsaturated/α-hetero) is 1. The molecule has 2 aliphatic rings. The minimum atomic E-state index is -0.916. The molecule has 0 fully saturated rings. The van der Waals surface area contributed by atoms with Gasteiger partial charge in [0, 0.05) is 51.2 Å². The number of aryl methyl sites for hydroxylation is 1. The van der Waals surface area contributed by atoms with E-state index in [4.69, 9.17) is 9.47 Å². The summed E-state index contributed by atoms with van der Waals surface area (Å²) in [7, 11) is 1.30. The summed E-state index contributed by atoms with van der Waals surface area (Å²) in [4.78, 5) is 39.9. The molecule has 1 aliphatic heterocycles. The molecule has 0 saturated carbocycles. The van der Waals surface area contributed by atoms with Crippen molar-refractivity contribution in [2.45, 2.75) is 46.6 Å². The van der Waals surface area contributed by atoms with Crippen LogP contribution in [0.1, 0.15) is 45.6 Å². The van der Waals surface area contributed by atoms with Crippen LogP contribution in [0.5, 0.6) is 0 Å². The number of allylic oxidation sites excluding steroid dienone is 3. The number of hydrogen-bond acceptors (Lipinski definition) is 6. The second-order valence-corrected chi connectivity index (χ2v) is 9.79. The van der Waals surface area contributed by atoms with E-state index in [2.05, 4.69) is 41.1 Å². The second-order valence-electron chi connectivity index (χ2n) is 9.79. The quantitative estimate of drug-likeness (QED) is 0.392. The van der Waals surface area contributed by atoms with Gasteiger partial charge < -0.3 is 19.4 Å². The maximum absolute atomic E-state index is 13.9. The number of methoxy groups -OCH3 is 1. The lowest BCUT2D eigenvalue weighted by Gasteiger charge is -2.38. The van der Waals surface area contributed by atoms with Crippen molar-refractivity contribution in [2.24, 2.45) is 11.8 Å². The Morgan fingerprint density at radius 1 is 1.08 bits per heavy atom. The highest BCUT2D eigenvalue weighted by Crippen LogP contribution is 2.46. The van der Waals surface area contributed by atoms with Crippen LogP contribution in [-0.4, -0.2) is 36.0 Å². The van der Waals surface area contributed by atoms with Crippen molar-refractivity contribution in [1.29, 1.82) is 0 Å². The first-order valence-corrected chi connectivity index (χ1v) is 12.8. The molecule has 0 amide bonds. The molecule has 2 heterocycles. The number of carbonyl (C=O) groups excluding carboxylic acids is 3. The molecule has 0 spiro atoms. The summed E-state index contributed by atoms with van der Waals surface area (Å²) in [5, 5.41) is 5.47. The predicted octanol–water partition coefficient (Wildman–Crippen LogP) is 4.99. The number of ether oxygens (including phenoxy) is 2. The monoisotopic (exact) mass is 500 g/mol. The predicted molar refractivity (Wildman–Crippen MR) is 142 cm³/mol. The largest absolute Gasteiger partial charge is 0.468 e. The van der Waals surface area contributed by atoms with Gasteiger partial charge in [-0.2, -0.15) is 0 Å². The molecule has 192 valence electrons. The summed E-state index contributed by atoms with van der Waals surface area (Å²) >= 11 is 0. The van der Waals surface area contributed by atoms with Crippen LogP contribution in [0.4, 0.5) is 0 Å². The number of esters is 2. The summed E-state index contributed by atoms with van der Waals surface area (Å²) in [5.74, 6) is -3.12. The Labute approximate surface area is 216 Å². The molecule has 37 heavy (non-hydrogen) atoms. The minimum Gasteiger partial charge on any atom is -0.468 e. The van der Waals surface area contributed by atoms with E-state index in [-0.39, 0.29) is 18.3 Å². The summed E-state index contributed by atoms with van der Waals surface area (Å²) in [5.41, 5.74) is 5.29. The number of para-hydroxylation sites is 1.